The zero-order chi connectivity index (χ0) is 25.2. The fourth-order valence-electron chi connectivity index (χ4n) is 3.04. The number of aromatic amines is 1. The number of benzene rings is 1. The number of aromatic nitrogens is 3. The lowest BCUT2D eigenvalue weighted by atomic mass is 10.0. The lowest BCUT2D eigenvalue weighted by molar-refractivity contribution is -0.730. The second kappa shape index (κ2) is 9.43. The molecular weight excluding hydrogens is 464 g/mol. The van der Waals surface area contributed by atoms with Gasteiger partial charge in [-0.3, -0.25) is 19.4 Å². The molecule has 0 spiro atoms. The van der Waals surface area contributed by atoms with Crippen molar-refractivity contribution in [2.45, 2.75) is 24.1 Å². The number of nitro groups is 1. The van der Waals surface area contributed by atoms with E-state index in [1.807, 2.05) is 12.1 Å². The SMILES string of the molecule is Cc1ccc([N+](=O)[O-])cc1NC(=O)C(C)Sc1nc(N)c(C#N)c(-c2c(=O)o[nH][n+]2C)c1C#N. The van der Waals surface area contributed by atoms with E-state index < -0.39 is 21.7 Å². The van der Waals surface area contributed by atoms with E-state index in [1.165, 1.54) is 36.9 Å². The van der Waals surface area contributed by atoms with Crippen LogP contribution in [0.4, 0.5) is 17.2 Å². The molecular formula is C20H17N8O5S+. The lowest BCUT2D eigenvalue weighted by Crippen LogP contribution is -2.34. The highest BCUT2D eigenvalue weighted by Gasteiger charge is 2.32. The minimum Gasteiger partial charge on any atom is -0.383 e. The predicted molar refractivity (Wildman–Crippen MR) is 119 cm³/mol. The van der Waals surface area contributed by atoms with Gasteiger partial charge in [0, 0.05) is 12.1 Å². The molecule has 0 radical (unpaired) electrons. The smallest absolute Gasteiger partial charge is 0.383 e. The molecule has 3 rings (SSSR count). The largest absolute Gasteiger partial charge is 0.435 e. The molecule has 2 heterocycles. The normalized spacial score (nSPS) is 11.3. The fourth-order valence-corrected chi connectivity index (χ4v) is 3.96. The number of nitrogens with one attached hydrogen (secondary N) is 2. The van der Waals surface area contributed by atoms with Crippen LogP contribution in [0.5, 0.6) is 0 Å². The molecule has 2 aromatic heterocycles. The van der Waals surface area contributed by atoms with E-state index in [4.69, 9.17) is 10.3 Å². The van der Waals surface area contributed by atoms with Gasteiger partial charge in [-0.05, 0) is 24.7 Å². The standard InChI is InChI=1S/C20H16N8O5S/c1-9-4-5-11(28(31)32)6-14(9)24-18(29)10(2)34-19-13(8-22)15(12(7-21)17(23)25-19)16-20(30)33-26-27(16)3/h4-6,10H,1-3H3,(H3-,23,24,25,26,29,30)/p+1. The molecule has 4 N–H and O–H groups in total. The summed E-state index contributed by atoms with van der Waals surface area (Å²) in [5.41, 5.74) is 5.28. The summed E-state index contributed by atoms with van der Waals surface area (Å²) in [6, 6.07) is 7.85. The minimum atomic E-state index is -0.838. The third-order valence-electron chi connectivity index (χ3n) is 4.80. The zero-order valence-electron chi connectivity index (χ0n) is 18.1. The number of nitro benzene ring substituents is 1. The number of non-ortho nitro benzene ring substituents is 1. The third-order valence-corrected chi connectivity index (χ3v) is 5.89. The number of carbonyl (C=O) groups is 1. The van der Waals surface area contributed by atoms with E-state index in [0.29, 0.717) is 5.56 Å². The highest BCUT2D eigenvalue weighted by molar-refractivity contribution is 8.00. The van der Waals surface area contributed by atoms with Gasteiger partial charge in [-0.1, -0.05) is 22.5 Å². The van der Waals surface area contributed by atoms with Crippen LogP contribution in [0.15, 0.2) is 32.5 Å². The fraction of sp³-hybridized carbons (Fsp3) is 0.200. The summed E-state index contributed by atoms with van der Waals surface area (Å²) < 4.78 is 5.92. The molecule has 1 amide bonds. The van der Waals surface area contributed by atoms with Crippen LogP contribution < -0.4 is 21.4 Å². The maximum absolute atomic E-state index is 12.8. The van der Waals surface area contributed by atoms with Crippen molar-refractivity contribution in [2.24, 2.45) is 7.05 Å². The summed E-state index contributed by atoms with van der Waals surface area (Å²) in [5.74, 6) is -0.753. The number of nitriles is 2. The summed E-state index contributed by atoms with van der Waals surface area (Å²) in [6.45, 7) is 3.22. The number of thioether (sulfide) groups is 1. The Morgan fingerprint density at radius 1 is 1.38 bits per heavy atom. The number of hydrogen-bond acceptors (Lipinski definition) is 10. The summed E-state index contributed by atoms with van der Waals surface area (Å²) in [4.78, 5) is 39.6. The number of amides is 1. The first-order valence-corrected chi connectivity index (χ1v) is 10.4. The number of nitrogens with two attached hydrogens (primary N) is 1. The predicted octanol–water partition coefficient (Wildman–Crippen LogP) is 1.52. The molecule has 0 fully saturated rings. The maximum atomic E-state index is 12.8. The molecule has 1 unspecified atom stereocenters. The van der Waals surface area contributed by atoms with Crippen LogP contribution in [0.3, 0.4) is 0 Å². The van der Waals surface area contributed by atoms with E-state index in [-0.39, 0.29) is 44.6 Å². The molecule has 0 saturated carbocycles. The molecule has 1 aromatic carbocycles. The van der Waals surface area contributed by atoms with Crippen LogP contribution >= 0.6 is 11.8 Å². The molecule has 0 aliphatic carbocycles. The summed E-state index contributed by atoms with van der Waals surface area (Å²) in [6.07, 6.45) is 0. The van der Waals surface area contributed by atoms with Gasteiger partial charge in [0.15, 0.2) is 7.05 Å². The Labute approximate surface area is 195 Å². The van der Waals surface area contributed by atoms with Crippen molar-refractivity contribution < 1.29 is 18.9 Å². The van der Waals surface area contributed by atoms with Crippen LogP contribution in [0.25, 0.3) is 11.3 Å². The molecule has 13 nitrogen and oxygen atoms in total. The van der Waals surface area contributed by atoms with Crippen molar-refractivity contribution in [2.75, 3.05) is 11.1 Å². The number of carbonyl (C=O) groups excluding carboxylic acids is 1. The molecule has 3 aromatic rings. The van der Waals surface area contributed by atoms with Crippen LogP contribution in [0.1, 0.15) is 23.6 Å². The zero-order valence-corrected chi connectivity index (χ0v) is 18.9. The van der Waals surface area contributed by atoms with Gasteiger partial charge >= 0.3 is 11.3 Å². The molecule has 34 heavy (non-hydrogen) atoms. The minimum absolute atomic E-state index is 0.0213. The second-order valence-corrected chi connectivity index (χ2v) is 8.37. The van der Waals surface area contributed by atoms with E-state index in [9.17, 15) is 30.2 Å². The maximum Gasteiger partial charge on any atom is 0.435 e. The van der Waals surface area contributed by atoms with E-state index >= 15 is 0 Å². The molecule has 1 atom stereocenters. The summed E-state index contributed by atoms with van der Waals surface area (Å²) >= 11 is 0.874. The van der Waals surface area contributed by atoms with Crippen molar-refractivity contribution in [3.05, 3.63) is 55.4 Å². The Balaban J connectivity index is 2.00. The Kier molecular flexibility index (Phi) is 6.65. The van der Waals surface area contributed by atoms with Gasteiger partial charge in [-0.15, -0.1) is 0 Å². The molecule has 172 valence electrons. The topological polar surface area (TPSA) is 209 Å². The molecule has 14 heteroatoms. The first-order valence-electron chi connectivity index (χ1n) is 9.53. The number of nitrogen functional groups attached to an aromatic ring is 1. The highest BCUT2D eigenvalue weighted by atomic mass is 32.2. The van der Waals surface area contributed by atoms with E-state index in [1.54, 1.807) is 6.92 Å². The van der Waals surface area contributed by atoms with Crippen molar-refractivity contribution in [3.8, 4) is 23.4 Å². The number of rotatable bonds is 6. The number of H-pyrrole nitrogens is 1. The molecule has 0 aliphatic rings. The van der Waals surface area contributed by atoms with Gasteiger partial charge in [0.2, 0.25) is 5.91 Å². The Hall–Kier alpha value is -4.69. The number of aryl methyl sites for hydroxylation is 2. The molecule has 0 aliphatic heterocycles. The monoisotopic (exact) mass is 481 g/mol. The Morgan fingerprint density at radius 3 is 2.62 bits per heavy atom. The van der Waals surface area contributed by atoms with Crippen molar-refractivity contribution in [3.63, 3.8) is 0 Å². The molecule has 0 bridgehead atoms. The van der Waals surface area contributed by atoms with E-state index in [0.717, 1.165) is 11.8 Å². The number of anilines is 2. The van der Waals surface area contributed by atoms with E-state index in [2.05, 4.69) is 15.6 Å². The van der Waals surface area contributed by atoms with Gasteiger partial charge in [-0.25, -0.2) is 9.78 Å². The van der Waals surface area contributed by atoms with Crippen molar-refractivity contribution in [1.82, 2.24) is 10.3 Å². The van der Waals surface area contributed by atoms with Crippen LogP contribution in [-0.4, -0.2) is 26.3 Å². The van der Waals surface area contributed by atoms with Gasteiger partial charge < -0.3 is 11.1 Å². The highest BCUT2D eigenvalue weighted by Crippen LogP contribution is 2.35. The summed E-state index contributed by atoms with van der Waals surface area (Å²) in [5, 5.41) is 34.6. The Bertz CT molecular complexity index is 1460. The first kappa shape index (κ1) is 24.0. The van der Waals surface area contributed by atoms with Crippen molar-refractivity contribution in [1.29, 1.82) is 10.5 Å². The first-order chi connectivity index (χ1) is 16.1. The second-order valence-electron chi connectivity index (χ2n) is 7.04. The number of nitrogens with zero attached hydrogens (tertiary/aromatic N) is 5. The molecule has 0 saturated heterocycles. The average molecular weight is 481 g/mol. The number of hydrogen-bond donors (Lipinski definition) is 3. The Morgan fingerprint density at radius 2 is 2.06 bits per heavy atom. The number of pyridine rings is 1. The van der Waals surface area contributed by atoms with Crippen LogP contribution in [0, 0.1) is 39.7 Å². The average Bonchev–Trinajstić information content (AvgIpc) is 3.12. The summed E-state index contributed by atoms with van der Waals surface area (Å²) in [7, 11) is 1.45. The van der Waals surface area contributed by atoms with Crippen LogP contribution in [-0.2, 0) is 11.8 Å². The third kappa shape index (κ3) is 4.43. The quantitative estimate of drug-likeness (QED) is 0.200. The van der Waals surface area contributed by atoms with Crippen LogP contribution in [0.2, 0.25) is 0 Å². The van der Waals surface area contributed by atoms with Crippen molar-refractivity contribution >= 4 is 34.9 Å². The van der Waals surface area contributed by atoms with Gasteiger partial charge in [0.25, 0.3) is 5.69 Å². The van der Waals surface area contributed by atoms with Gasteiger partial charge in [0.1, 0.15) is 34.1 Å². The van der Waals surface area contributed by atoms with Gasteiger partial charge in [-0.2, -0.15) is 10.5 Å². The van der Waals surface area contributed by atoms with Gasteiger partial charge in [0.05, 0.1) is 21.4 Å². The lowest BCUT2D eigenvalue weighted by Gasteiger charge is -2.15.